The second-order valence-electron chi connectivity index (χ2n) is 5.87. The van der Waals surface area contributed by atoms with Gasteiger partial charge in [0.15, 0.2) is 0 Å². The molecule has 2 aromatic rings. The van der Waals surface area contributed by atoms with E-state index in [0.29, 0.717) is 12.5 Å². The van der Waals surface area contributed by atoms with Crippen LogP contribution in [-0.4, -0.2) is 11.5 Å². The number of aromatic amines is 1. The topological polar surface area (TPSA) is 64.5 Å². The molecule has 21 heavy (non-hydrogen) atoms. The van der Waals surface area contributed by atoms with Crippen molar-refractivity contribution in [3.05, 3.63) is 44.9 Å². The molecule has 110 valence electrons. The van der Waals surface area contributed by atoms with Crippen LogP contribution in [0.2, 0.25) is 5.02 Å². The quantitative estimate of drug-likeness (QED) is 0.333. The second-order valence-corrected chi connectivity index (χ2v) is 6.30. The van der Waals surface area contributed by atoms with Crippen LogP contribution in [0.1, 0.15) is 43.4 Å². The lowest BCUT2D eigenvalue weighted by Crippen LogP contribution is -2.08. The summed E-state index contributed by atoms with van der Waals surface area (Å²) in [6, 6.07) is 5.99. The van der Waals surface area contributed by atoms with Gasteiger partial charge in [-0.3, -0.25) is 0 Å². The molecule has 1 aliphatic rings. The number of hydrogen-bond donors (Lipinski definition) is 1. The van der Waals surface area contributed by atoms with Crippen LogP contribution in [0.15, 0.2) is 23.3 Å². The lowest BCUT2D eigenvalue weighted by molar-refractivity contribution is 0.411. The molecule has 4 nitrogen and oxygen atoms in total. The summed E-state index contributed by atoms with van der Waals surface area (Å²) in [5, 5.41) is 5.82. The van der Waals surface area contributed by atoms with E-state index in [1.165, 1.54) is 29.5 Å². The van der Waals surface area contributed by atoms with Gasteiger partial charge in [-0.25, -0.2) is 0 Å². The number of azide groups is 1. The van der Waals surface area contributed by atoms with Crippen molar-refractivity contribution in [2.24, 2.45) is 11.0 Å². The minimum atomic E-state index is 0.287. The van der Waals surface area contributed by atoms with E-state index >= 15 is 0 Å². The monoisotopic (exact) mass is 302 g/mol. The molecule has 1 heterocycles. The Morgan fingerprint density at radius 3 is 3.10 bits per heavy atom. The molecule has 0 aliphatic heterocycles. The van der Waals surface area contributed by atoms with Crippen LogP contribution in [0.3, 0.4) is 0 Å². The third kappa shape index (κ3) is 2.74. The van der Waals surface area contributed by atoms with E-state index in [4.69, 9.17) is 17.1 Å². The molecule has 0 spiro atoms. The highest BCUT2D eigenvalue weighted by atomic mass is 35.5. The van der Waals surface area contributed by atoms with Crippen LogP contribution < -0.4 is 0 Å². The predicted octanol–water partition coefficient (Wildman–Crippen LogP) is 5.58. The summed E-state index contributed by atoms with van der Waals surface area (Å²) < 4.78 is 0. The van der Waals surface area contributed by atoms with Crippen molar-refractivity contribution >= 4 is 22.5 Å². The zero-order valence-electron chi connectivity index (χ0n) is 12.1. The summed E-state index contributed by atoms with van der Waals surface area (Å²) in [6.07, 6.45) is 4.52. The Kier molecular flexibility index (Phi) is 4.09. The lowest BCUT2D eigenvalue weighted by atomic mass is 9.91. The number of nitrogens with zero attached hydrogens (tertiary/aromatic N) is 3. The number of H-pyrrole nitrogens is 1. The molecule has 0 amide bonds. The van der Waals surface area contributed by atoms with Crippen molar-refractivity contribution in [2.75, 3.05) is 6.54 Å². The van der Waals surface area contributed by atoms with E-state index in [2.05, 4.69) is 21.9 Å². The lowest BCUT2D eigenvalue weighted by Gasteiger charge is -2.17. The average Bonchev–Trinajstić information content (AvgIpc) is 2.74. The number of fused-ring (bicyclic) bond motifs is 3. The molecule has 0 saturated heterocycles. The molecular weight excluding hydrogens is 284 g/mol. The van der Waals surface area contributed by atoms with Crippen molar-refractivity contribution in [1.82, 2.24) is 4.98 Å². The molecule has 0 fully saturated rings. The normalized spacial score (nSPS) is 21.6. The van der Waals surface area contributed by atoms with E-state index in [9.17, 15) is 0 Å². The molecule has 2 atom stereocenters. The van der Waals surface area contributed by atoms with Gasteiger partial charge in [0.05, 0.1) is 0 Å². The van der Waals surface area contributed by atoms with Gasteiger partial charge in [-0.1, -0.05) is 30.1 Å². The summed E-state index contributed by atoms with van der Waals surface area (Å²) in [7, 11) is 0. The number of hydrogen-bond acceptors (Lipinski definition) is 1. The van der Waals surface area contributed by atoms with Crippen LogP contribution in [0.25, 0.3) is 21.3 Å². The maximum atomic E-state index is 8.65. The van der Waals surface area contributed by atoms with Crippen molar-refractivity contribution < 1.29 is 0 Å². The molecule has 1 aliphatic carbocycles. The van der Waals surface area contributed by atoms with Gasteiger partial charge in [0.25, 0.3) is 0 Å². The van der Waals surface area contributed by atoms with Gasteiger partial charge in [-0.05, 0) is 54.5 Å². The summed E-state index contributed by atoms with van der Waals surface area (Å²) in [4.78, 5) is 6.49. The minimum Gasteiger partial charge on any atom is -0.358 e. The number of nitrogens with one attached hydrogen (secondary N) is 1. The van der Waals surface area contributed by atoms with Crippen LogP contribution in [0, 0.1) is 5.92 Å². The van der Waals surface area contributed by atoms with Crippen LogP contribution in [0.4, 0.5) is 0 Å². The SMILES string of the molecule is CCC1CCc2c([nH]c3ccc(Cl)cc23)C(CN=[N+]=[N-])C1. The number of halogens is 1. The third-order valence-electron chi connectivity index (χ3n) is 4.67. The van der Waals surface area contributed by atoms with Crippen molar-refractivity contribution in [1.29, 1.82) is 0 Å². The van der Waals surface area contributed by atoms with Gasteiger partial charge < -0.3 is 4.98 Å². The van der Waals surface area contributed by atoms with Crippen molar-refractivity contribution in [3.63, 3.8) is 0 Å². The average molecular weight is 303 g/mol. The Morgan fingerprint density at radius 1 is 1.48 bits per heavy atom. The molecule has 1 aromatic carbocycles. The second kappa shape index (κ2) is 6.00. The standard InChI is InChI=1S/C16H19ClN4/c1-2-10-3-5-13-14-8-12(17)4-6-15(14)20-16(13)11(7-10)9-19-21-18/h4,6,8,10-11,20H,2-3,5,7,9H2,1H3. The zero-order chi connectivity index (χ0) is 14.8. The van der Waals surface area contributed by atoms with E-state index in [1.807, 2.05) is 18.2 Å². The Hall–Kier alpha value is -1.64. The van der Waals surface area contributed by atoms with E-state index in [-0.39, 0.29) is 5.92 Å². The smallest absolute Gasteiger partial charge is 0.0460 e. The summed E-state index contributed by atoms with van der Waals surface area (Å²) >= 11 is 6.15. The molecule has 0 bridgehead atoms. The molecule has 5 heteroatoms. The number of benzene rings is 1. The molecule has 1 aromatic heterocycles. The first-order valence-electron chi connectivity index (χ1n) is 7.53. The van der Waals surface area contributed by atoms with Crippen molar-refractivity contribution in [3.8, 4) is 0 Å². The highest BCUT2D eigenvalue weighted by molar-refractivity contribution is 6.31. The van der Waals surface area contributed by atoms with Gasteiger partial charge in [0.2, 0.25) is 0 Å². The third-order valence-corrected chi connectivity index (χ3v) is 4.91. The molecule has 3 rings (SSSR count). The molecule has 0 saturated carbocycles. The van der Waals surface area contributed by atoms with E-state index < -0.39 is 0 Å². The molecular formula is C16H19ClN4. The van der Waals surface area contributed by atoms with Gasteiger partial charge >= 0.3 is 0 Å². The summed E-state index contributed by atoms with van der Waals surface area (Å²) in [5.74, 6) is 0.980. The molecule has 1 N–H and O–H groups in total. The largest absolute Gasteiger partial charge is 0.358 e. The highest BCUT2D eigenvalue weighted by Gasteiger charge is 2.26. The Balaban J connectivity index is 2.09. The first-order valence-corrected chi connectivity index (χ1v) is 7.91. The minimum absolute atomic E-state index is 0.287. The first-order chi connectivity index (χ1) is 10.2. The Labute approximate surface area is 129 Å². The highest BCUT2D eigenvalue weighted by Crippen LogP contribution is 2.38. The maximum absolute atomic E-state index is 8.65. The zero-order valence-corrected chi connectivity index (χ0v) is 12.9. The van der Waals surface area contributed by atoms with Crippen LogP contribution in [-0.2, 0) is 6.42 Å². The Morgan fingerprint density at radius 2 is 2.33 bits per heavy atom. The Bertz CT molecular complexity index is 700. The fourth-order valence-corrected chi connectivity index (χ4v) is 3.69. The first kappa shape index (κ1) is 14.3. The number of aryl methyl sites for hydroxylation is 1. The summed E-state index contributed by atoms with van der Waals surface area (Å²) in [5.41, 5.74) is 12.4. The van der Waals surface area contributed by atoms with Crippen molar-refractivity contribution in [2.45, 2.75) is 38.5 Å². The van der Waals surface area contributed by atoms with E-state index in [1.54, 1.807) is 0 Å². The molecule has 2 unspecified atom stereocenters. The van der Waals surface area contributed by atoms with Gasteiger partial charge in [-0.15, -0.1) is 0 Å². The fourth-order valence-electron chi connectivity index (χ4n) is 3.52. The maximum Gasteiger partial charge on any atom is 0.0460 e. The fraction of sp³-hybridized carbons (Fsp3) is 0.500. The number of aromatic nitrogens is 1. The predicted molar refractivity (Wildman–Crippen MR) is 86.8 cm³/mol. The van der Waals surface area contributed by atoms with Crippen LogP contribution in [0.5, 0.6) is 0 Å². The number of rotatable bonds is 3. The van der Waals surface area contributed by atoms with Crippen LogP contribution >= 0.6 is 11.6 Å². The van der Waals surface area contributed by atoms with Gasteiger partial charge in [0, 0.05) is 39.0 Å². The van der Waals surface area contributed by atoms with Gasteiger partial charge in [-0.2, -0.15) is 0 Å². The summed E-state index contributed by atoms with van der Waals surface area (Å²) in [6.45, 7) is 2.77. The van der Waals surface area contributed by atoms with Gasteiger partial charge in [0.1, 0.15) is 0 Å². The van der Waals surface area contributed by atoms with E-state index in [0.717, 1.165) is 23.4 Å². The molecule has 0 radical (unpaired) electrons.